The van der Waals surface area contributed by atoms with Crippen LogP contribution in [0.15, 0.2) is 40.9 Å². The number of hydrogen-bond acceptors (Lipinski definition) is 3. The van der Waals surface area contributed by atoms with Gasteiger partial charge in [0.05, 0.1) is 4.92 Å². The number of benzene rings is 2. The van der Waals surface area contributed by atoms with Gasteiger partial charge in [0.1, 0.15) is 0 Å². The number of nitro groups is 1. The number of rotatable bonds is 4. The molecule has 1 N–H and O–H groups in total. The molecule has 0 aliphatic rings. The second-order valence-electron chi connectivity index (χ2n) is 4.36. The van der Waals surface area contributed by atoms with Crippen LogP contribution < -0.4 is 5.32 Å². The molecular formula is C14H12BrFN2O2. The topological polar surface area (TPSA) is 55.2 Å². The molecule has 20 heavy (non-hydrogen) atoms. The number of nitrogens with zero attached hydrogens (tertiary/aromatic N) is 1. The van der Waals surface area contributed by atoms with Crippen LogP contribution in [0.3, 0.4) is 0 Å². The smallest absolute Gasteiger partial charge is 0.304 e. The van der Waals surface area contributed by atoms with Gasteiger partial charge < -0.3 is 5.32 Å². The largest absolute Gasteiger partial charge is 0.381 e. The van der Waals surface area contributed by atoms with Crippen LogP contribution >= 0.6 is 15.9 Å². The Labute approximate surface area is 123 Å². The van der Waals surface area contributed by atoms with Crippen molar-refractivity contribution in [3.8, 4) is 0 Å². The summed E-state index contributed by atoms with van der Waals surface area (Å²) in [6.07, 6.45) is 0. The summed E-state index contributed by atoms with van der Waals surface area (Å²) < 4.78 is 14.5. The summed E-state index contributed by atoms with van der Waals surface area (Å²) in [5.74, 6) is -0.841. The second kappa shape index (κ2) is 6.00. The van der Waals surface area contributed by atoms with Crippen LogP contribution in [-0.2, 0) is 6.54 Å². The first kappa shape index (κ1) is 14.5. The standard InChI is InChI=1S/C14H12BrFN2O2/c1-9-6-10(2-4-12(9)15)8-17-11-3-5-14(18(19)20)13(16)7-11/h2-7,17H,8H2,1H3. The fraction of sp³-hybridized carbons (Fsp3) is 0.143. The number of nitro benzene ring substituents is 1. The van der Waals surface area contributed by atoms with E-state index in [-0.39, 0.29) is 0 Å². The molecule has 104 valence electrons. The first-order valence-electron chi connectivity index (χ1n) is 5.90. The van der Waals surface area contributed by atoms with E-state index >= 15 is 0 Å². The first-order chi connectivity index (χ1) is 9.47. The summed E-state index contributed by atoms with van der Waals surface area (Å²) in [5.41, 5.74) is 2.15. The Kier molecular flexibility index (Phi) is 4.34. The highest BCUT2D eigenvalue weighted by atomic mass is 79.9. The van der Waals surface area contributed by atoms with Gasteiger partial charge >= 0.3 is 5.69 Å². The van der Waals surface area contributed by atoms with Crippen molar-refractivity contribution in [3.05, 3.63) is 67.9 Å². The van der Waals surface area contributed by atoms with Crippen molar-refractivity contribution < 1.29 is 9.31 Å². The SMILES string of the molecule is Cc1cc(CNc2ccc([N+](=O)[O-])c(F)c2)ccc1Br. The number of nitrogens with one attached hydrogen (secondary N) is 1. The molecule has 6 heteroatoms. The summed E-state index contributed by atoms with van der Waals surface area (Å²) >= 11 is 3.42. The van der Waals surface area contributed by atoms with Gasteiger partial charge in [0.25, 0.3) is 0 Å². The third-order valence-corrected chi connectivity index (χ3v) is 3.75. The first-order valence-corrected chi connectivity index (χ1v) is 6.69. The Hall–Kier alpha value is -1.95. The zero-order valence-electron chi connectivity index (χ0n) is 10.7. The van der Waals surface area contributed by atoms with E-state index in [1.165, 1.54) is 6.07 Å². The molecule has 0 saturated heterocycles. The van der Waals surface area contributed by atoms with Crippen molar-refractivity contribution in [2.45, 2.75) is 13.5 Å². The molecule has 2 aromatic carbocycles. The number of anilines is 1. The van der Waals surface area contributed by atoms with Gasteiger partial charge in [0, 0.05) is 28.8 Å². The molecule has 0 aliphatic heterocycles. The van der Waals surface area contributed by atoms with Gasteiger partial charge in [-0.2, -0.15) is 4.39 Å². The van der Waals surface area contributed by atoms with E-state index in [1.807, 2.05) is 25.1 Å². The molecule has 0 amide bonds. The minimum atomic E-state index is -0.841. The lowest BCUT2D eigenvalue weighted by Crippen LogP contribution is -2.01. The van der Waals surface area contributed by atoms with E-state index in [1.54, 1.807) is 0 Å². The van der Waals surface area contributed by atoms with Crippen LogP contribution in [0.5, 0.6) is 0 Å². The minimum Gasteiger partial charge on any atom is -0.381 e. The van der Waals surface area contributed by atoms with Crippen LogP contribution in [-0.4, -0.2) is 4.92 Å². The molecule has 0 heterocycles. The number of halogens is 2. The normalized spacial score (nSPS) is 10.3. The molecule has 0 aromatic heterocycles. The van der Waals surface area contributed by atoms with Gasteiger partial charge in [-0.1, -0.05) is 28.1 Å². The molecule has 0 bridgehead atoms. The van der Waals surface area contributed by atoms with Gasteiger partial charge in [-0.05, 0) is 30.2 Å². The van der Waals surface area contributed by atoms with E-state index in [0.29, 0.717) is 12.2 Å². The lowest BCUT2D eigenvalue weighted by Gasteiger charge is -2.08. The van der Waals surface area contributed by atoms with Crippen molar-refractivity contribution in [2.24, 2.45) is 0 Å². The van der Waals surface area contributed by atoms with Gasteiger partial charge in [0.15, 0.2) is 0 Å². The van der Waals surface area contributed by atoms with Crippen LogP contribution in [0.4, 0.5) is 15.8 Å². The average molecular weight is 339 g/mol. The molecule has 0 fully saturated rings. The van der Waals surface area contributed by atoms with Gasteiger partial charge in [-0.25, -0.2) is 0 Å². The Bertz CT molecular complexity index is 662. The molecule has 4 nitrogen and oxygen atoms in total. The summed E-state index contributed by atoms with van der Waals surface area (Å²) in [6.45, 7) is 2.50. The lowest BCUT2D eigenvalue weighted by atomic mass is 10.1. The van der Waals surface area contributed by atoms with Gasteiger partial charge in [-0.3, -0.25) is 10.1 Å². The maximum Gasteiger partial charge on any atom is 0.304 e. The predicted octanol–water partition coefficient (Wildman–Crippen LogP) is 4.42. The summed E-state index contributed by atoms with van der Waals surface area (Å²) in [4.78, 5) is 9.78. The van der Waals surface area contributed by atoms with Crippen molar-refractivity contribution in [3.63, 3.8) is 0 Å². The molecule has 2 aromatic rings. The quantitative estimate of drug-likeness (QED) is 0.663. The molecule has 0 radical (unpaired) electrons. The fourth-order valence-electron chi connectivity index (χ4n) is 1.79. The van der Waals surface area contributed by atoms with Gasteiger partial charge in [0.2, 0.25) is 5.82 Å². The Morgan fingerprint density at radius 2 is 2.05 bits per heavy atom. The number of aryl methyl sites for hydroxylation is 1. The average Bonchev–Trinajstić information content (AvgIpc) is 2.40. The maximum atomic E-state index is 13.5. The van der Waals surface area contributed by atoms with Crippen LogP contribution in [0, 0.1) is 22.9 Å². The van der Waals surface area contributed by atoms with Gasteiger partial charge in [-0.15, -0.1) is 0 Å². The highest BCUT2D eigenvalue weighted by Gasteiger charge is 2.13. The summed E-state index contributed by atoms with van der Waals surface area (Å²) in [7, 11) is 0. The highest BCUT2D eigenvalue weighted by Crippen LogP contribution is 2.22. The molecule has 0 atom stereocenters. The molecule has 2 rings (SSSR count). The lowest BCUT2D eigenvalue weighted by molar-refractivity contribution is -0.387. The van der Waals surface area contributed by atoms with Crippen LogP contribution in [0.1, 0.15) is 11.1 Å². The van der Waals surface area contributed by atoms with E-state index in [2.05, 4.69) is 21.2 Å². The highest BCUT2D eigenvalue weighted by molar-refractivity contribution is 9.10. The van der Waals surface area contributed by atoms with E-state index in [4.69, 9.17) is 0 Å². The number of hydrogen-bond donors (Lipinski definition) is 1. The van der Waals surface area contributed by atoms with Crippen molar-refractivity contribution in [1.29, 1.82) is 0 Å². The third-order valence-electron chi connectivity index (χ3n) is 2.86. The summed E-state index contributed by atoms with van der Waals surface area (Å²) in [6, 6.07) is 9.69. The van der Waals surface area contributed by atoms with E-state index in [0.717, 1.165) is 27.7 Å². The van der Waals surface area contributed by atoms with E-state index in [9.17, 15) is 14.5 Å². The Morgan fingerprint density at radius 3 is 2.65 bits per heavy atom. The van der Waals surface area contributed by atoms with Crippen LogP contribution in [0.25, 0.3) is 0 Å². The fourth-order valence-corrected chi connectivity index (χ4v) is 2.03. The van der Waals surface area contributed by atoms with Crippen molar-refractivity contribution in [2.75, 3.05) is 5.32 Å². The zero-order valence-corrected chi connectivity index (χ0v) is 12.3. The monoisotopic (exact) mass is 338 g/mol. The molecule has 0 aliphatic carbocycles. The second-order valence-corrected chi connectivity index (χ2v) is 5.21. The Morgan fingerprint density at radius 1 is 1.30 bits per heavy atom. The van der Waals surface area contributed by atoms with Crippen molar-refractivity contribution in [1.82, 2.24) is 0 Å². The molecule has 0 spiro atoms. The molecule has 0 unspecified atom stereocenters. The zero-order chi connectivity index (χ0) is 14.7. The maximum absolute atomic E-state index is 13.5. The molecule has 0 saturated carbocycles. The Balaban J connectivity index is 2.09. The summed E-state index contributed by atoms with van der Waals surface area (Å²) in [5, 5.41) is 13.6. The minimum absolute atomic E-state index is 0.508. The molecular weight excluding hydrogens is 327 g/mol. The van der Waals surface area contributed by atoms with E-state index < -0.39 is 16.4 Å². The predicted molar refractivity (Wildman–Crippen MR) is 79.3 cm³/mol. The van der Waals surface area contributed by atoms with Crippen molar-refractivity contribution >= 4 is 27.3 Å². The van der Waals surface area contributed by atoms with Crippen LogP contribution in [0.2, 0.25) is 0 Å². The third kappa shape index (κ3) is 3.33.